The number of pyridine rings is 1. The zero-order valence-electron chi connectivity index (χ0n) is 10.8. The maximum atomic E-state index is 5.14. The molecule has 1 aromatic rings. The minimum Gasteiger partial charge on any atom is -0.481 e. The zero-order chi connectivity index (χ0) is 12.1. The van der Waals surface area contributed by atoms with Crippen LogP contribution in [0, 0.1) is 5.92 Å². The Bertz CT molecular complexity index is 354. The van der Waals surface area contributed by atoms with Crippen LogP contribution in [0.1, 0.15) is 39.0 Å². The van der Waals surface area contributed by atoms with Crippen molar-refractivity contribution >= 4 is 5.69 Å². The van der Waals surface area contributed by atoms with Gasteiger partial charge in [-0.1, -0.05) is 26.2 Å². The molecule has 1 fully saturated rings. The third-order valence-electron chi connectivity index (χ3n) is 3.67. The maximum Gasteiger partial charge on any atom is 0.214 e. The second-order valence-electron chi connectivity index (χ2n) is 4.87. The highest BCUT2D eigenvalue weighted by Crippen LogP contribution is 2.29. The summed E-state index contributed by atoms with van der Waals surface area (Å²) in [4.78, 5) is 4.12. The van der Waals surface area contributed by atoms with Crippen molar-refractivity contribution in [3.8, 4) is 5.88 Å². The molecule has 1 aliphatic rings. The predicted molar refractivity (Wildman–Crippen MR) is 70.4 cm³/mol. The lowest BCUT2D eigenvalue weighted by molar-refractivity contribution is 0.327. The van der Waals surface area contributed by atoms with Gasteiger partial charge in [0.2, 0.25) is 5.88 Å². The molecule has 1 N–H and O–H groups in total. The topological polar surface area (TPSA) is 34.2 Å². The van der Waals surface area contributed by atoms with Gasteiger partial charge in [-0.25, -0.2) is 4.98 Å². The van der Waals surface area contributed by atoms with E-state index in [-0.39, 0.29) is 0 Å². The predicted octanol–water partition coefficient (Wildman–Crippen LogP) is 3.47. The van der Waals surface area contributed by atoms with Gasteiger partial charge in [-0.3, -0.25) is 0 Å². The summed E-state index contributed by atoms with van der Waals surface area (Å²) in [6, 6.07) is 4.59. The average molecular weight is 234 g/mol. The maximum absolute atomic E-state index is 5.14. The van der Waals surface area contributed by atoms with Crippen molar-refractivity contribution in [3.63, 3.8) is 0 Å². The molecule has 0 aromatic carbocycles. The van der Waals surface area contributed by atoms with Gasteiger partial charge in [-0.2, -0.15) is 0 Å². The number of hydrogen-bond acceptors (Lipinski definition) is 3. The summed E-state index contributed by atoms with van der Waals surface area (Å²) >= 11 is 0. The summed E-state index contributed by atoms with van der Waals surface area (Å²) in [5, 5.41) is 3.60. The van der Waals surface area contributed by atoms with Gasteiger partial charge in [0.25, 0.3) is 0 Å². The number of aromatic nitrogens is 1. The number of hydrogen-bond donors (Lipinski definition) is 1. The molecule has 94 valence electrons. The molecule has 0 amide bonds. The summed E-state index contributed by atoms with van der Waals surface area (Å²) in [5.41, 5.74) is 1.12. The van der Waals surface area contributed by atoms with Gasteiger partial charge in [-0.05, 0) is 24.8 Å². The van der Waals surface area contributed by atoms with Crippen LogP contribution in [0.15, 0.2) is 18.3 Å². The van der Waals surface area contributed by atoms with E-state index in [9.17, 15) is 0 Å². The lowest BCUT2D eigenvalue weighted by Crippen LogP contribution is -2.27. The van der Waals surface area contributed by atoms with Crippen LogP contribution in [-0.2, 0) is 0 Å². The van der Waals surface area contributed by atoms with E-state index in [1.165, 1.54) is 32.1 Å². The number of methoxy groups -OCH3 is 1. The molecule has 0 radical (unpaired) electrons. The van der Waals surface area contributed by atoms with Gasteiger partial charge < -0.3 is 10.1 Å². The lowest BCUT2D eigenvalue weighted by atomic mass is 9.84. The molecule has 2 atom stereocenters. The van der Waals surface area contributed by atoms with Crippen LogP contribution in [0.4, 0.5) is 5.69 Å². The van der Waals surface area contributed by atoms with Crippen LogP contribution < -0.4 is 10.1 Å². The monoisotopic (exact) mass is 234 g/mol. The van der Waals surface area contributed by atoms with E-state index in [0.29, 0.717) is 11.9 Å². The molecule has 1 aliphatic carbocycles. The van der Waals surface area contributed by atoms with Crippen LogP contribution in [-0.4, -0.2) is 18.1 Å². The molecule has 1 heterocycles. The van der Waals surface area contributed by atoms with E-state index in [2.05, 4.69) is 17.2 Å². The Morgan fingerprint density at radius 1 is 1.47 bits per heavy atom. The Kier molecular flexibility index (Phi) is 4.24. The van der Waals surface area contributed by atoms with E-state index in [4.69, 9.17) is 4.74 Å². The zero-order valence-corrected chi connectivity index (χ0v) is 10.8. The van der Waals surface area contributed by atoms with Crippen LogP contribution in [0.5, 0.6) is 5.88 Å². The first-order valence-electron chi connectivity index (χ1n) is 6.58. The quantitative estimate of drug-likeness (QED) is 0.866. The van der Waals surface area contributed by atoms with Crippen LogP contribution >= 0.6 is 0 Å². The molecule has 17 heavy (non-hydrogen) atoms. The Balaban J connectivity index is 1.95. The normalized spacial score (nSPS) is 24.4. The van der Waals surface area contributed by atoms with Crippen molar-refractivity contribution < 1.29 is 4.74 Å². The standard InChI is InChI=1S/C14H22N2O/c1-3-11-5-4-6-12(9-11)16-13-7-8-15-14(10-13)17-2/h7-8,10-12H,3-6,9H2,1-2H3,(H,15,16). The minimum absolute atomic E-state index is 0.612. The molecule has 3 nitrogen and oxygen atoms in total. The van der Waals surface area contributed by atoms with Crippen molar-refractivity contribution in [1.82, 2.24) is 4.98 Å². The van der Waals surface area contributed by atoms with Gasteiger partial charge in [-0.15, -0.1) is 0 Å². The van der Waals surface area contributed by atoms with Crippen molar-refractivity contribution in [1.29, 1.82) is 0 Å². The fourth-order valence-electron chi connectivity index (χ4n) is 2.64. The Morgan fingerprint density at radius 3 is 3.12 bits per heavy atom. The summed E-state index contributed by atoms with van der Waals surface area (Å²) in [7, 11) is 1.65. The summed E-state index contributed by atoms with van der Waals surface area (Å²) in [6.07, 6.45) is 8.41. The summed E-state index contributed by atoms with van der Waals surface area (Å²) in [6.45, 7) is 2.29. The van der Waals surface area contributed by atoms with Crippen molar-refractivity contribution in [2.45, 2.75) is 45.1 Å². The highest BCUT2D eigenvalue weighted by Gasteiger charge is 2.20. The SMILES string of the molecule is CCC1CCCC(Nc2ccnc(OC)c2)C1. The highest BCUT2D eigenvalue weighted by atomic mass is 16.5. The molecule has 2 rings (SSSR count). The molecular weight excluding hydrogens is 212 g/mol. The fraction of sp³-hybridized carbons (Fsp3) is 0.643. The van der Waals surface area contributed by atoms with E-state index in [1.807, 2.05) is 12.1 Å². The third kappa shape index (κ3) is 3.35. The van der Waals surface area contributed by atoms with Crippen LogP contribution in [0.25, 0.3) is 0 Å². The largest absolute Gasteiger partial charge is 0.481 e. The minimum atomic E-state index is 0.612. The molecule has 0 spiro atoms. The fourth-order valence-corrected chi connectivity index (χ4v) is 2.64. The first-order valence-corrected chi connectivity index (χ1v) is 6.58. The van der Waals surface area contributed by atoms with Crippen molar-refractivity contribution in [2.75, 3.05) is 12.4 Å². The molecule has 3 heteroatoms. The molecule has 2 unspecified atom stereocenters. The van der Waals surface area contributed by atoms with Crippen molar-refractivity contribution in [2.24, 2.45) is 5.92 Å². The number of ether oxygens (including phenoxy) is 1. The molecule has 0 saturated heterocycles. The molecule has 0 bridgehead atoms. The van der Waals surface area contributed by atoms with E-state index < -0.39 is 0 Å². The van der Waals surface area contributed by atoms with Gasteiger partial charge in [0.05, 0.1) is 7.11 Å². The molecular formula is C14H22N2O. The molecule has 1 aromatic heterocycles. The Hall–Kier alpha value is -1.25. The summed E-state index contributed by atoms with van der Waals surface area (Å²) < 4.78 is 5.14. The first kappa shape index (κ1) is 12.2. The molecule has 1 saturated carbocycles. The van der Waals surface area contributed by atoms with E-state index in [1.54, 1.807) is 13.3 Å². The van der Waals surface area contributed by atoms with Gasteiger partial charge >= 0.3 is 0 Å². The number of nitrogens with one attached hydrogen (secondary N) is 1. The highest BCUT2D eigenvalue weighted by molar-refractivity contribution is 5.45. The Labute approximate surface area is 104 Å². The van der Waals surface area contributed by atoms with Crippen LogP contribution in [0.2, 0.25) is 0 Å². The first-order chi connectivity index (χ1) is 8.31. The second-order valence-corrected chi connectivity index (χ2v) is 4.87. The van der Waals surface area contributed by atoms with Gasteiger partial charge in [0.1, 0.15) is 0 Å². The lowest BCUT2D eigenvalue weighted by Gasteiger charge is -2.29. The van der Waals surface area contributed by atoms with E-state index >= 15 is 0 Å². The number of nitrogens with zero attached hydrogens (tertiary/aromatic N) is 1. The Morgan fingerprint density at radius 2 is 2.35 bits per heavy atom. The summed E-state index contributed by atoms with van der Waals surface area (Å²) in [5.74, 6) is 1.57. The van der Waals surface area contributed by atoms with Crippen LogP contribution in [0.3, 0.4) is 0 Å². The number of rotatable bonds is 4. The third-order valence-corrected chi connectivity index (χ3v) is 3.67. The molecule has 0 aliphatic heterocycles. The van der Waals surface area contributed by atoms with E-state index in [0.717, 1.165) is 11.6 Å². The smallest absolute Gasteiger partial charge is 0.214 e. The second kappa shape index (κ2) is 5.89. The van der Waals surface area contributed by atoms with Crippen molar-refractivity contribution in [3.05, 3.63) is 18.3 Å². The van der Waals surface area contributed by atoms with Gasteiger partial charge in [0.15, 0.2) is 0 Å². The number of anilines is 1. The average Bonchev–Trinajstić information content (AvgIpc) is 2.39. The van der Waals surface area contributed by atoms with Gasteiger partial charge in [0, 0.05) is 24.0 Å².